The predicted molar refractivity (Wildman–Crippen MR) is 56.8 cm³/mol. The first-order valence-electron chi connectivity index (χ1n) is 5.37. The van der Waals surface area contributed by atoms with Crippen LogP contribution in [0.5, 0.6) is 0 Å². The summed E-state index contributed by atoms with van der Waals surface area (Å²) in [6.07, 6.45) is 4.00. The van der Waals surface area contributed by atoms with Crippen molar-refractivity contribution in [3.05, 3.63) is 11.8 Å². The summed E-state index contributed by atoms with van der Waals surface area (Å²) in [5.41, 5.74) is 1.12. The Morgan fingerprint density at radius 2 is 2.07 bits per heavy atom. The van der Waals surface area contributed by atoms with Crippen LogP contribution in [0, 0.1) is 16.7 Å². The van der Waals surface area contributed by atoms with Gasteiger partial charge in [0.05, 0.1) is 0 Å². The van der Waals surface area contributed by atoms with Crippen LogP contribution in [0.3, 0.4) is 0 Å². The Bertz CT molecular complexity index is 316. The van der Waals surface area contributed by atoms with E-state index >= 15 is 0 Å². The average Bonchev–Trinajstić information content (AvgIpc) is 2.29. The first-order chi connectivity index (χ1) is 6.43. The summed E-state index contributed by atoms with van der Waals surface area (Å²) in [4.78, 5) is 12.0. The van der Waals surface area contributed by atoms with E-state index in [1.165, 1.54) is 0 Å². The normalized spacial score (nSPS) is 39.6. The fourth-order valence-electron chi connectivity index (χ4n) is 3.13. The second kappa shape index (κ2) is 2.62. The van der Waals surface area contributed by atoms with Gasteiger partial charge in [-0.25, -0.2) is 0 Å². The third-order valence-corrected chi connectivity index (χ3v) is 4.72. The molecule has 2 nitrogen and oxygen atoms in total. The molecule has 2 heteroatoms. The Hall–Kier alpha value is -0.790. The van der Waals surface area contributed by atoms with Crippen molar-refractivity contribution in [2.75, 3.05) is 7.05 Å². The van der Waals surface area contributed by atoms with E-state index in [1.807, 2.05) is 13.1 Å². The van der Waals surface area contributed by atoms with Crippen LogP contribution in [0.2, 0.25) is 0 Å². The third-order valence-electron chi connectivity index (χ3n) is 4.72. The molecule has 0 heterocycles. The molecule has 1 saturated carbocycles. The number of carbonyl (C=O) groups is 1. The molecule has 0 aromatic heterocycles. The van der Waals surface area contributed by atoms with Gasteiger partial charge in [-0.15, -0.1) is 0 Å². The summed E-state index contributed by atoms with van der Waals surface area (Å²) in [6.45, 7) is 6.58. The number of ketones is 1. The minimum absolute atomic E-state index is 0.108. The highest BCUT2D eigenvalue weighted by Crippen LogP contribution is 2.60. The molecule has 2 aliphatic rings. The quantitative estimate of drug-likeness (QED) is 0.691. The molecule has 0 unspecified atom stereocenters. The molecule has 14 heavy (non-hydrogen) atoms. The van der Waals surface area contributed by atoms with E-state index in [2.05, 4.69) is 26.1 Å². The molecule has 1 N–H and O–H groups in total. The summed E-state index contributed by atoms with van der Waals surface area (Å²) in [7, 11) is 1.91. The van der Waals surface area contributed by atoms with Gasteiger partial charge in [-0.1, -0.05) is 20.8 Å². The molecule has 0 aromatic rings. The molecule has 0 saturated heterocycles. The van der Waals surface area contributed by atoms with Crippen LogP contribution >= 0.6 is 0 Å². The Morgan fingerprint density at radius 1 is 1.43 bits per heavy atom. The molecule has 78 valence electrons. The van der Waals surface area contributed by atoms with Crippen LogP contribution in [0.1, 0.15) is 33.6 Å². The number of hydrogen-bond donors (Lipinski definition) is 1. The molecule has 0 spiro atoms. The standard InChI is InChI=1S/C12H19NO/c1-11(2)8-5-6-12(11,3)10(14)7-9(8)13-4/h7-8,13H,5-6H2,1-4H3/t8-,12+/m0/s1. The van der Waals surface area contributed by atoms with Gasteiger partial charge < -0.3 is 5.32 Å². The lowest BCUT2D eigenvalue weighted by atomic mass is 9.60. The molecule has 2 aliphatic carbocycles. The van der Waals surface area contributed by atoms with Crippen LogP contribution in [-0.2, 0) is 4.79 Å². The van der Waals surface area contributed by atoms with E-state index in [9.17, 15) is 4.79 Å². The Balaban J connectivity index is 2.53. The van der Waals surface area contributed by atoms with Crippen molar-refractivity contribution in [3.8, 4) is 0 Å². The number of fused-ring (bicyclic) bond motifs is 2. The molecule has 1 fully saturated rings. The summed E-state index contributed by atoms with van der Waals surface area (Å²) < 4.78 is 0. The minimum Gasteiger partial charge on any atom is -0.391 e. The van der Waals surface area contributed by atoms with Crippen molar-refractivity contribution in [2.24, 2.45) is 16.7 Å². The Labute approximate surface area is 85.8 Å². The third kappa shape index (κ3) is 0.891. The first kappa shape index (κ1) is 9.75. The fourth-order valence-corrected chi connectivity index (χ4v) is 3.13. The topological polar surface area (TPSA) is 29.1 Å². The fraction of sp³-hybridized carbons (Fsp3) is 0.750. The number of carbonyl (C=O) groups excluding carboxylic acids is 1. The van der Waals surface area contributed by atoms with E-state index in [0.29, 0.717) is 11.7 Å². The first-order valence-corrected chi connectivity index (χ1v) is 5.37. The van der Waals surface area contributed by atoms with Gasteiger partial charge in [-0.2, -0.15) is 0 Å². The van der Waals surface area contributed by atoms with E-state index in [1.54, 1.807) is 0 Å². The lowest BCUT2D eigenvalue weighted by molar-refractivity contribution is -0.129. The highest BCUT2D eigenvalue weighted by Gasteiger charge is 2.58. The van der Waals surface area contributed by atoms with Gasteiger partial charge >= 0.3 is 0 Å². The van der Waals surface area contributed by atoms with Crippen molar-refractivity contribution < 1.29 is 4.79 Å². The second-order valence-corrected chi connectivity index (χ2v) is 5.36. The van der Waals surface area contributed by atoms with Crippen molar-refractivity contribution in [1.82, 2.24) is 5.32 Å². The summed E-state index contributed by atoms with van der Waals surface area (Å²) in [5.74, 6) is 0.843. The molecule has 2 bridgehead atoms. The van der Waals surface area contributed by atoms with Crippen LogP contribution in [-0.4, -0.2) is 12.8 Å². The predicted octanol–water partition coefficient (Wildman–Crippen LogP) is 2.11. The van der Waals surface area contributed by atoms with Gasteiger partial charge in [0.15, 0.2) is 5.78 Å². The molecular weight excluding hydrogens is 174 g/mol. The van der Waals surface area contributed by atoms with E-state index in [4.69, 9.17) is 0 Å². The maximum atomic E-state index is 12.0. The smallest absolute Gasteiger partial charge is 0.163 e. The van der Waals surface area contributed by atoms with Gasteiger partial charge in [-0.3, -0.25) is 4.79 Å². The molecular formula is C12H19NO. The van der Waals surface area contributed by atoms with Crippen LogP contribution in [0.15, 0.2) is 11.8 Å². The van der Waals surface area contributed by atoms with Gasteiger partial charge in [0.25, 0.3) is 0 Å². The van der Waals surface area contributed by atoms with Crippen molar-refractivity contribution >= 4 is 5.78 Å². The molecule has 0 radical (unpaired) electrons. The van der Waals surface area contributed by atoms with Gasteiger partial charge in [0.2, 0.25) is 0 Å². The second-order valence-electron chi connectivity index (χ2n) is 5.36. The van der Waals surface area contributed by atoms with Crippen molar-refractivity contribution in [3.63, 3.8) is 0 Å². The minimum atomic E-state index is -0.127. The number of rotatable bonds is 1. The monoisotopic (exact) mass is 193 g/mol. The van der Waals surface area contributed by atoms with E-state index in [0.717, 1.165) is 18.5 Å². The number of hydrogen-bond acceptors (Lipinski definition) is 2. The van der Waals surface area contributed by atoms with Crippen LogP contribution in [0.4, 0.5) is 0 Å². The Morgan fingerprint density at radius 3 is 2.64 bits per heavy atom. The lowest BCUT2D eigenvalue weighted by Crippen LogP contribution is -2.45. The molecule has 2 atom stereocenters. The van der Waals surface area contributed by atoms with E-state index in [-0.39, 0.29) is 10.8 Å². The maximum absolute atomic E-state index is 12.0. The highest BCUT2D eigenvalue weighted by molar-refractivity contribution is 5.97. The molecule has 2 rings (SSSR count). The largest absolute Gasteiger partial charge is 0.391 e. The van der Waals surface area contributed by atoms with Gasteiger partial charge in [-0.05, 0) is 18.3 Å². The van der Waals surface area contributed by atoms with Crippen LogP contribution < -0.4 is 5.32 Å². The van der Waals surface area contributed by atoms with Crippen molar-refractivity contribution in [2.45, 2.75) is 33.6 Å². The average molecular weight is 193 g/mol. The lowest BCUT2D eigenvalue weighted by Gasteiger charge is -2.44. The van der Waals surface area contributed by atoms with Gasteiger partial charge in [0, 0.05) is 30.2 Å². The van der Waals surface area contributed by atoms with E-state index < -0.39 is 0 Å². The maximum Gasteiger partial charge on any atom is 0.163 e. The number of nitrogens with one attached hydrogen (secondary N) is 1. The summed E-state index contributed by atoms with van der Waals surface area (Å²) in [5, 5.41) is 3.18. The van der Waals surface area contributed by atoms with Crippen molar-refractivity contribution in [1.29, 1.82) is 0 Å². The molecule has 0 amide bonds. The highest BCUT2D eigenvalue weighted by atomic mass is 16.1. The zero-order valence-corrected chi connectivity index (χ0v) is 9.48. The summed E-state index contributed by atoms with van der Waals surface area (Å²) in [6, 6.07) is 0. The molecule has 0 aromatic carbocycles. The van der Waals surface area contributed by atoms with Crippen LogP contribution in [0.25, 0.3) is 0 Å². The summed E-state index contributed by atoms with van der Waals surface area (Å²) >= 11 is 0. The van der Waals surface area contributed by atoms with Gasteiger partial charge in [0.1, 0.15) is 0 Å². The zero-order chi connectivity index (χ0) is 10.6. The Kier molecular flexibility index (Phi) is 1.82. The SMILES string of the molecule is CNC1=CC(=O)[C@@]2(C)CC[C@@H]1C2(C)C. The number of allylic oxidation sites excluding steroid dienone is 2. The zero-order valence-electron chi connectivity index (χ0n) is 9.48. The molecule has 0 aliphatic heterocycles.